The zero-order chi connectivity index (χ0) is 15.4. The van der Waals surface area contributed by atoms with E-state index in [1.54, 1.807) is 0 Å². The lowest BCUT2D eigenvalue weighted by atomic mass is 9.85. The van der Waals surface area contributed by atoms with Gasteiger partial charge in [0.1, 0.15) is 5.82 Å². The van der Waals surface area contributed by atoms with Gasteiger partial charge in [-0.05, 0) is 31.4 Å². The van der Waals surface area contributed by atoms with Crippen molar-refractivity contribution >= 4 is 23.5 Å². The Morgan fingerprint density at radius 1 is 1.38 bits per heavy atom. The van der Waals surface area contributed by atoms with Gasteiger partial charge in [-0.15, -0.1) is 0 Å². The van der Waals surface area contributed by atoms with Crippen LogP contribution < -0.4 is 5.32 Å². The number of carbonyl (C=O) groups excluding carboxylic acids is 1. The van der Waals surface area contributed by atoms with E-state index in [9.17, 15) is 14.0 Å². The summed E-state index contributed by atoms with van der Waals surface area (Å²) in [7, 11) is 0. The second kappa shape index (κ2) is 6.89. The van der Waals surface area contributed by atoms with Crippen molar-refractivity contribution in [3.05, 3.63) is 34.6 Å². The van der Waals surface area contributed by atoms with Crippen molar-refractivity contribution < 1.29 is 19.1 Å². The Balaban J connectivity index is 1.94. The molecule has 2 atom stereocenters. The highest BCUT2D eigenvalue weighted by Crippen LogP contribution is 2.25. The molecule has 0 heterocycles. The van der Waals surface area contributed by atoms with Gasteiger partial charge in [0, 0.05) is 16.6 Å². The molecule has 0 aromatic heterocycles. The summed E-state index contributed by atoms with van der Waals surface area (Å²) in [4.78, 5) is 23.0. The number of carboxylic acid groups (broad SMARTS) is 1. The molecular formula is C15H17ClFNO3. The number of hydrogen-bond donors (Lipinski definition) is 2. The van der Waals surface area contributed by atoms with Gasteiger partial charge in [-0.3, -0.25) is 9.59 Å². The van der Waals surface area contributed by atoms with Gasteiger partial charge in [0.2, 0.25) is 5.91 Å². The molecule has 0 saturated heterocycles. The Kier molecular flexibility index (Phi) is 5.17. The lowest BCUT2D eigenvalue weighted by Gasteiger charge is -2.27. The summed E-state index contributed by atoms with van der Waals surface area (Å²) in [5, 5.41) is 12.0. The minimum atomic E-state index is -0.828. The molecule has 0 aliphatic heterocycles. The first kappa shape index (κ1) is 15.8. The number of nitrogens with one attached hydrogen (secondary N) is 1. The third-order valence-corrected chi connectivity index (χ3v) is 4.14. The molecule has 21 heavy (non-hydrogen) atoms. The molecule has 1 aromatic carbocycles. The fraction of sp³-hybridized carbons (Fsp3) is 0.467. The first-order chi connectivity index (χ1) is 9.97. The summed E-state index contributed by atoms with van der Waals surface area (Å²) >= 11 is 5.88. The van der Waals surface area contributed by atoms with E-state index in [1.165, 1.54) is 18.2 Å². The summed E-state index contributed by atoms with van der Waals surface area (Å²) in [5.74, 6) is -2.09. The molecule has 1 aromatic rings. The van der Waals surface area contributed by atoms with Gasteiger partial charge in [0.15, 0.2) is 0 Å². The zero-order valence-electron chi connectivity index (χ0n) is 11.4. The van der Waals surface area contributed by atoms with E-state index in [0.29, 0.717) is 12.8 Å². The van der Waals surface area contributed by atoms with Crippen LogP contribution in [0.15, 0.2) is 18.2 Å². The van der Waals surface area contributed by atoms with E-state index in [-0.39, 0.29) is 29.0 Å². The molecule has 2 rings (SSSR count). The topological polar surface area (TPSA) is 66.4 Å². The first-order valence-corrected chi connectivity index (χ1v) is 7.30. The van der Waals surface area contributed by atoms with Crippen molar-refractivity contribution in [2.45, 2.75) is 38.1 Å². The molecule has 0 radical (unpaired) electrons. The molecule has 2 unspecified atom stereocenters. The minimum absolute atomic E-state index is 0.139. The molecule has 6 heteroatoms. The van der Waals surface area contributed by atoms with E-state index in [2.05, 4.69) is 5.32 Å². The summed E-state index contributed by atoms with van der Waals surface area (Å²) in [5.41, 5.74) is 0.169. The van der Waals surface area contributed by atoms with Crippen molar-refractivity contribution in [2.75, 3.05) is 0 Å². The molecule has 4 nitrogen and oxygen atoms in total. The highest BCUT2D eigenvalue weighted by Gasteiger charge is 2.28. The Hall–Kier alpha value is -1.62. The quantitative estimate of drug-likeness (QED) is 0.898. The van der Waals surface area contributed by atoms with Crippen LogP contribution in [0.3, 0.4) is 0 Å². The number of amides is 1. The number of benzene rings is 1. The lowest BCUT2D eigenvalue weighted by Crippen LogP contribution is -2.40. The van der Waals surface area contributed by atoms with Crippen molar-refractivity contribution in [3.63, 3.8) is 0 Å². The maximum absolute atomic E-state index is 13.6. The smallest absolute Gasteiger partial charge is 0.306 e. The largest absolute Gasteiger partial charge is 0.481 e. The average molecular weight is 314 g/mol. The summed E-state index contributed by atoms with van der Waals surface area (Å²) in [6.07, 6.45) is 2.44. The number of carboxylic acids is 1. The highest BCUT2D eigenvalue weighted by molar-refractivity contribution is 6.31. The monoisotopic (exact) mass is 313 g/mol. The fourth-order valence-corrected chi connectivity index (χ4v) is 2.92. The standard InChI is InChI=1S/C15H17ClFNO3/c16-12-5-2-6-13(17)11(12)8-14(19)18-10-4-1-3-9(7-10)15(20)21/h2,5-6,9-10H,1,3-4,7-8H2,(H,18,19)(H,20,21). The second-order valence-corrected chi connectivity index (χ2v) is 5.75. The third-order valence-electron chi connectivity index (χ3n) is 3.79. The summed E-state index contributed by atoms with van der Waals surface area (Å²) in [6.45, 7) is 0. The van der Waals surface area contributed by atoms with Gasteiger partial charge in [-0.25, -0.2) is 4.39 Å². The molecule has 2 N–H and O–H groups in total. The van der Waals surface area contributed by atoms with E-state index in [0.717, 1.165) is 12.8 Å². The summed E-state index contributed by atoms with van der Waals surface area (Å²) < 4.78 is 13.6. The van der Waals surface area contributed by atoms with Crippen LogP contribution in [-0.4, -0.2) is 23.0 Å². The van der Waals surface area contributed by atoms with Crippen LogP contribution in [0, 0.1) is 11.7 Å². The molecule has 1 saturated carbocycles. The highest BCUT2D eigenvalue weighted by atomic mass is 35.5. The normalized spacial score (nSPS) is 21.8. The molecular weight excluding hydrogens is 297 g/mol. The van der Waals surface area contributed by atoms with Gasteiger partial charge >= 0.3 is 5.97 Å². The Bertz CT molecular complexity index is 529. The van der Waals surface area contributed by atoms with Gasteiger partial charge in [-0.1, -0.05) is 24.1 Å². The van der Waals surface area contributed by atoms with Crippen molar-refractivity contribution in [3.8, 4) is 0 Å². The zero-order valence-corrected chi connectivity index (χ0v) is 12.2. The van der Waals surface area contributed by atoms with Crippen molar-refractivity contribution in [2.24, 2.45) is 5.92 Å². The Morgan fingerprint density at radius 2 is 2.14 bits per heavy atom. The predicted octanol–water partition coefficient (Wildman–Crippen LogP) is 2.78. The van der Waals surface area contributed by atoms with Crippen LogP contribution >= 0.6 is 11.6 Å². The number of halogens is 2. The first-order valence-electron chi connectivity index (χ1n) is 6.92. The molecule has 1 aliphatic rings. The van der Waals surface area contributed by atoms with Gasteiger partial charge in [0.05, 0.1) is 12.3 Å². The van der Waals surface area contributed by atoms with Crippen molar-refractivity contribution in [1.82, 2.24) is 5.32 Å². The fourth-order valence-electron chi connectivity index (χ4n) is 2.69. The number of aliphatic carboxylic acids is 1. The maximum atomic E-state index is 13.6. The van der Waals surface area contributed by atoms with Crippen LogP contribution in [0.1, 0.15) is 31.2 Å². The Morgan fingerprint density at radius 3 is 2.81 bits per heavy atom. The van der Waals surface area contributed by atoms with Crippen LogP contribution in [0.2, 0.25) is 5.02 Å². The summed E-state index contributed by atoms with van der Waals surface area (Å²) in [6, 6.07) is 4.11. The maximum Gasteiger partial charge on any atom is 0.306 e. The van der Waals surface area contributed by atoms with E-state index in [1.807, 2.05) is 0 Å². The molecule has 114 valence electrons. The predicted molar refractivity (Wildman–Crippen MR) is 76.6 cm³/mol. The lowest BCUT2D eigenvalue weighted by molar-refractivity contribution is -0.143. The van der Waals surface area contributed by atoms with Crippen molar-refractivity contribution in [1.29, 1.82) is 0 Å². The van der Waals surface area contributed by atoms with Crippen LogP contribution in [0.25, 0.3) is 0 Å². The SMILES string of the molecule is O=C(Cc1c(F)cccc1Cl)NC1CCCC(C(=O)O)C1. The third kappa shape index (κ3) is 4.17. The average Bonchev–Trinajstić information content (AvgIpc) is 2.43. The molecule has 1 amide bonds. The van der Waals surface area contributed by atoms with Gasteiger partial charge < -0.3 is 10.4 Å². The van der Waals surface area contributed by atoms with E-state index >= 15 is 0 Å². The van der Waals surface area contributed by atoms with E-state index < -0.39 is 17.7 Å². The molecule has 1 aliphatic carbocycles. The van der Waals surface area contributed by atoms with Gasteiger partial charge in [0.25, 0.3) is 0 Å². The Labute approximate surface area is 127 Å². The number of carbonyl (C=O) groups is 2. The van der Waals surface area contributed by atoms with E-state index in [4.69, 9.17) is 16.7 Å². The molecule has 0 spiro atoms. The second-order valence-electron chi connectivity index (χ2n) is 5.34. The number of hydrogen-bond acceptors (Lipinski definition) is 2. The van der Waals surface area contributed by atoms with Crippen LogP contribution in [0.5, 0.6) is 0 Å². The van der Waals surface area contributed by atoms with Crippen LogP contribution in [-0.2, 0) is 16.0 Å². The molecule has 0 bridgehead atoms. The molecule has 1 fully saturated rings. The van der Waals surface area contributed by atoms with Gasteiger partial charge in [-0.2, -0.15) is 0 Å². The number of rotatable bonds is 4. The minimum Gasteiger partial charge on any atom is -0.481 e. The van der Waals surface area contributed by atoms with Crippen LogP contribution in [0.4, 0.5) is 4.39 Å².